The number of rotatable bonds is 5. The lowest BCUT2D eigenvalue weighted by Crippen LogP contribution is -2.43. The lowest BCUT2D eigenvalue weighted by molar-refractivity contribution is 0.0590. The van der Waals surface area contributed by atoms with Gasteiger partial charge in [0.15, 0.2) is 5.69 Å². The number of ether oxygens (including phenoxy) is 1. The highest BCUT2D eigenvalue weighted by molar-refractivity contribution is 5.92. The van der Waals surface area contributed by atoms with Gasteiger partial charge >= 0.3 is 0 Å². The van der Waals surface area contributed by atoms with E-state index >= 15 is 0 Å². The first kappa shape index (κ1) is 19.1. The summed E-state index contributed by atoms with van der Waals surface area (Å²) in [4.78, 5) is 32.2. The Hall–Kier alpha value is -3.23. The number of fused-ring (bicyclic) bond motifs is 1. The van der Waals surface area contributed by atoms with Gasteiger partial charge in [0.25, 0.3) is 17.9 Å². The molecule has 0 bridgehead atoms. The summed E-state index contributed by atoms with van der Waals surface area (Å²) in [6.07, 6.45) is 3.07. The number of nitrogens with one attached hydrogen (secondary N) is 1. The lowest BCUT2D eigenvalue weighted by Gasteiger charge is -2.32. The Morgan fingerprint density at radius 1 is 1.28 bits per heavy atom. The van der Waals surface area contributed by atoms with Gasteiger partial charge in [-0.2, -0.15) is 0 Å². The first-order valence-electron chi connectivity index (χ1n) is 9.38. The molecular weight excluding hydrogens is 382 g/mol. The second-order valence-corrected chi connectivity index (χ2v) is 6.92. The van der Waals surface area contributed by atoms with Crippen LogP contribution in [0.25, 0.3) is 10.9 Å². The van der Waals surface area contributed by atoms with Crippen molar-refractivity contribution < 1.29 is 18.3 Å². The number of H-pyrrole nitrogens is 1. The van der Waals surface area contributed by atoms with E-state index in [1.54, 1.807) is 29.3 Å². The zero-order valence-electron chi connectivity index (χ0n) is 15.6. The second kappa shape index (κ2) is 8.02. The Kier molecular flexibility index (Phi) is 5.28. The number of aromatic amines is 1. The number of benzene rings is 1. The van der Waals surface area contributed by atoms with E-state index in [9.17, 15) is 18.4 Å². The van der Waals surface area contributed by atoms with Crippen molar-refractivity contribution in [2.45, 2.75) is 31.9 Å². The lowest BCUT2D eigenvalue weighted by atomic mass is 10.1. The SMILES string of the molecule is O=C(c1ncc[nH]c1=O)N1CCC(Oc2cccc3c2ccn3CC(F)F)CC1. The molecule has 2 aromatic heterocycles. The van der Waals surface area contributed by atoms with Crippen molar-refractivity contribution in [2.75, 3.05) is 13.1 Å². The minimum Gasteiger partial charge on any atom is -0.490 e. The highest BCUT2D eigenvalue weighted by atomic mass is 19.3. The molecule has 0 atom stereocenters. The second-order valence-electron chi connectivity index (χ2n) is 6.92. The first-order valence-corrected chi connectivity index (χ1v) is 9.38. The van der Waals surface area contributed by atoms with Gasteiger partial charge in [-0.15, -0.1) is 0 Å². The summed E-state index contributed by atoms with van der Waals surface area (Å²) < 4.78 is 33.1. The maximum Gasteiger partial charge on any atom is 0.279 e. The summed E-state index contributed by atoms with van der Waals surface area (Å²) in [5.74, 6) is 0.248. The van der Waals surface area contributed by atoms with Gasteiger partial charge < -0.3 is 19.2 Å². The Morgan fingerprint density at radius 2 is 2.07 bits per heavy atom. The molecule has 0 radical (unpaired) electrons. The van der Waals surface area contributed by atoms with Crippen molar-refractivity contribution in [2.24, 2.45) is 0 Å². The zero-order chi connectivity index (χ0) is 20.4. The molecule has 3 aromatic rings. The van der Waals surface area contributed by atoms with Gasteiger partial charge in [-0.25, -0.2) is 13.8 Å². The van der Waals surface area contributed by atoms with Crippen LogP contribution in [0.2, 0.25) is 0 Å². The molecule has 1 aromatic carbocycles. The number of amides is 1. The largest absolute Gasteiger partial charge is 0.490 e. The fourth-order valence-corrected chi connectivity index (χ4v) is 3.62. The van der Waals surface area contributed by atoms with Crippen molar-refractivity contribution in [3.63, 3.8) is 0 Å². The van der Waals surface area contributed by atoms with E-state index in [2.05, 4.69) is 9.97 Å². The molecular formula is C20H20F2N4O3. The number of hydrogen-bond donors (Lipinski definition) is 1. The van der Waals surface area contributed by atoms with Crippen LogP contribution in [0.4, 0.5) is 8.78 Å². The number of alkyl halides is 2. The number of halogens is 2. The minimum absolute atomic E-state index is 0.106. The molecule has 3 heterocycles. The molecule has 0 aliphatic carbocycles. The van der Waals surface area contributed by atoms with Crippen LogP contribution in [0.1, 0.15) is 23.3 Å². The summed E-state index contributed by atoms with van der Waals surface area (Å²) in [7, 11) is 0. The van der Waals surface area contributed by atoms with Crippen LogP contribution in [-0.2, 0) is 6.54 Å². The molecule has 4 rings (SSSR count). The first-order chi connectivity index (χ1) is 14.0. The van der Waals surface area contributed by atoms with Crippen LogP contribution in [0.15, 0.2) is 47.7 Å². The van der Waals surface area contributed by atoms with Gasteiger partial charge in [0.1, 0.15) is 11.9 Å². The van der Waals surface area contributed by atoms with E-state index in [-0.39, 0.29) is 18.3 Å². The van der Waals surface area contributed by atoms with Crippen LogP contribution in [0.3, 0.4) is 0 Å². The van der Waals surface area contributed by atoms with E-state index in [1.165, 1.54) is 17.0 Å². The molecule has 1 saturated heterocycles. The van der Waals surface area contributed by atoms with Gasteiger partial charge in [0, 0.05) is 49.9 Å². The van der Waals surface area contributed by atoms with Crippen LogP contribution < -0.4 is 10.3 Å². The number of carbonyl (C=O) groups is 1. The van der Waals surface area contributed by atoms with Crippen LogP contribution in [0.5, 0.6) is 5.75 Å². The summed E-state index contributed by atoms with van der Waals surface area (Å²) in [5, 5.41) is 0.784. The topological polar surface area (TPSA) is 80.2 Å². The van der Waals surface area contributed by atoms with Crippen LogP contribution >= 0.6 is 0 Å². The number of aromatic nitrogens is 3. The van der Waals surface area contributed by atoms with Crippen molar-refractivity contribution >= 4 is 16.8 Å². The molecule has 7 nitrogen and oxygen atoms in total. The number of carbonyl (C=O) groups excluding carboxylic acids is 1. The van der Waals surface area contributed by atoms with E-state index in [1.807, 2.05) is 6.07 Å². The minimum atomic E-state index is -2.43. The number of piperidine rings is 1. The molecule has 1 aliphatic heterocycles. The molecule has 1 fully saturated rings. The zero-order valence-corrected chi connectivity index (χ0v) is 15.6. The summed E-state index contributed by atoms with van der Waals surface area (Å²) >= 11 is 0. The van der Waals surface area contributed by atoms with E-state index in [0.717, 1.165) is 5.39 Å². The molecule has 1 N–H and O–H groups in total. The normalized spacial score (nSPS) is 15.2. The van der Waals surface area contributed by atoms with Crippen molar-refractivity contribution in [1.82, 2.24) is 19.4 Å². The summed E-state index contributed by atoms with van der Waals surface area (Å²) in [6.45, 7) is 0.532. The summed E-state index contributed by atoms with van der Waals surface area (Å²) in [5.41, 5.74) is 0.0812. The molecule has 0 saturated carbocycles. The fourth-order valence-electron chi connectivity index (χ4n) is 3.62. The molecule has 152 valence electrons. The maximum atomic E-state index is 12.7. The monoisotopic (exact) mass is 402 g/mol. The number of nitrogens with zero attached hydrogens (tertiary/aromatic N) is 3. The van der Waals surface area contributed by atoms with Crippen molar-refractivity contribution in [3.05, 3.63) is 58.9 Å². The Labute approximate surface area is 164 Å². The number of likely N-dealkylation sites (tertiary alicyclic amines) is 1. The highest BCUT2D eigenvalue weighted by Gasteiger charge is 2.27. The molecule has 0 spiro atoms. The molecule has 9 heteroatoms. The highest BCUT2D eigenvalue weighted by Crippen LogP contribution is 2.29. The Balaban J connectivity index is 1.42. The average molecular weight is 402 g/mol. The van der Waals surface area contributed by atoms with E-state index in [0.29, 0.717) is 37.2 Å². The third kappa shape index (κ3) is 3.98. The van der Waals surface area contributed by atoms with Crippen molar-refractivity contribution in [1.29, 1.82) is 0 Å². The summed E-state index contributed by atoms with van der Waals surface area (Å²) in [6, 6.07) is 7.17. The molecule has 1 aliphatic rings. The van der Waals surface area contributed by atoms with Crippen LogP contribution in [0, 0.1) is 0 Å². The predicted molar refractivity (Wildman–Crippen MR) is 102 cm³/mol. The van der Waals surface area contributed by atoms with Crippen LogP contribution in [-0.4, -0.2) is 51.0 Å². The third-order valence-electron chi connectivity index (χ3n) is 5.04. The number of hydrogen-bond acceptors (Lipinski definition) is 4. The quantitative estimate of drug-likeness (QED) is 0.712. The predicted octanol–water partition coefficient (Wildman–Crippen LogP) is 2.67. The fraction of sp³-hybridized carbons (Fsp3) is 0.350. The van der Waals surface area contributed by atoms with Gasteiger partial charge in [0.05, 0.1) is 12.1 Å². The van der Waals surface area contributed by atoms with Gasteiger partial charge in [-0.3, -0.25) is 9.59 Å². The van der Waals surface area contributed by atoms with E-state index < -0.39 is 17.9 Å². The van der Waals surface area contributed by atoms with Gasteiger partial charge in [-0.05, 0) is 18.2 Å². The molecule has 29 heavy (non-hydrogen) atoms. The van der Waals surface area contributed by atoms with Gasteiger partial charge in [0.2, 0.25) is 0 Å². The molecule has 1 amide bonds. The van der Waals surface area contributed by atoms with Crippen molar-refractivity contribution in [3.8, 4) is 5.75 Å². The smallest absolute Gasteiger partial charge is 0.279 e. The van der Waals surface area contributed by atoms with Gasteiger partial charge in [-0.1, -0.05) is 6.07 Å². The Morgan fingerprint density at radius 3 is 2.79 bits per heavy atom. The third-order valence-corrected chi connectivity index (χ3v) is 5.04. The Bertz CT molecular complexity index is 1070. The maximum absolute atomic E-state index is 12.7. The molecule has 0 unspecified atom stereocenters. The standard InChI is InChI=1S/C20H20F2N4O3/c21-17(22)12-26-11-6-14-15(26)2-1-3-16(14)29-13-4-9-25(10-5-13)20(28)18-19(27)24-8-7-23-18/h1-3,6-8,11,13,17H,4-5,9-10,12H2,(H,24,27). The van der Waals surface area contributed by atoms with E-state index in [4.69, 9.17) is 4.74 Å². The average Bonchev–Trinajstić information content (AvgIpc) is 3.12.